The molecule has 0 aliphatic rings. The first-order valence-electron chi connectivity index (χ1n) is 6.36. The average Bonchev–Trinajstić information content (AvgIpc) is 2.52. The summed E-state index contributed by atoms with van der Waals surface area (Å²) < 4.78 is 5.38. The molecule has 2 nitrogen and oxygen atoms in total. The molecule has 0 spiro atoms. The monoisotopic (exact) mass is 286 g/mol. The smallest absolute Gasteiger partial charge is 0.185 e. The van der Waals surface area contributed by atoms with Crippen molar-refractivity contribution in [1.82, 2.24) is 0 Å². The Morgan fingerprint density at radius 3 is 2.40 bits per heavy atom. The predicted molar refractivity (Wildman–Crippen MR) is 82.5 cm³/mol. The van der Waals surface area contributed by atoms with Gasteiger partial charge >= 0.3 is 0 Å². The number of carbonyl (C=O) groups excluding carboxylic acids is 1. The highest BCUT2D eigenvalue weighted by molar-refractivity contribution is 6.18. The summed E-state index contributed by atoms with van der Waals surface area (Å²) >= 11 is 5.55. The third kappa shape index (κ3) is 4.25. The van der Waals surface area contributed by atoms with E-state index in [4.69, 9.17) is 16.3 Å². The van der Waals surface area contributed by atoms with Crippen molar-refractivity contribution in [2.45, 2.75) is 0 Å². The van der Waals surface area contributed by atoms with Crippen LogP contribution in [-0.2, 0) is 0 Å². The molecule has 0 N–H and O–H groups in total. The van der Waals surface area contributed by atoms with Crippen LogP contribution in [-0.4, -0.2) is 18.3 Å². The Balaban J connectivity index is 1.99. The second kappa shape index (κ2) is 7.51. The Morgan fingerprint density at radius 2 is 1.75 bits per heavy atom. The van der Waals surface area contributed by atoms with Gasteiger partial charge in [-0.15, -0.1) is 11.6 Å². The largest absolute Gasteiger partial charge is 0.492 e. The number of benzene rings is 2. The highest BCUT2D eigenvalue weighted by Gasteiger charge is 1.99. The van der Waals surface area contributed by atoms with Gasteiger partial charge in [0.25, 0.3) is 0 Å². The molecule has 0 fully saturated rings. The molecule has 0 radical (unpaired) electrons. The molecule has 0 aromatic heterocycles. The van der Waals surface area contributed by atoms with Crippen LogP contribution >= 0.6 is 11.6 Å². The zero-order valence-electron chi connectivity index (χ0n) is 11.0. The number of alkyl halides is 1. The van der Waals surface area contributed by atoms with Gasteiger partial charge in [0.05, 0.1) is 5.88 Å². The third-order valence-electron chi connectivity index (χ3n) is 2.71. The number of halogens is 1. The van der Waals surface area contributed by atoms with Gasteiger partial charge in [-0.2, -0.15) is 0 Å². The van der Waals surface area contributed by atoms with E-state index >= 15 is 0 Å². The Labute approximate surface area is 123 Å². The van der Waals surface area contributed by atoms with Gasteiger partial charge in [-0.1, -0.05) is 48.5 Å². The summed E-state index contributed by atoms with van der Waals surface area (Å²) in [5.41, 5.74) is 1.64. The Bertz CT molecular complexity index is 574. The fourth-order valence-electron chi connectivity index (χ4n) is 1.70. The van der Waals surface area contributed by atoms with Crippen LogP contribution in [0.15, 0.2) is 60.7 Å². The molecule has 0 unspecified atom stereocenters. The zero-order valence-corrected chi connectivity index (χ0v) is 11.7. The SMILES string of the molecule is O=C(C=Cc1ccc(OCCCl)cc1)c1ccccc1. The van der Waals surface area contributed by atoms with Crippen LogP contribution in [0.4, 0.5) is 0 Å². The van der Waals surface area contributed by atoms with Gasteiger partial charge in [0, 0.05) is 5.56 Å². The van der Waals surface area contributed by atoms with Gasteiger partial charge in [-0.3, -0.25) is 4.79 Å². The van der Waals surface area contributed by atoms with Crippen LogP contribution in [0.2, 0.25) is 0 Å². The lowest BCUT2D eigenvalue weighted by Gasteiger charge is -2.03. The third-order valence-corrected chi connectivity index (χ3v) is 2.87. The van der Waals surface area contributed by atoms with E-state index in [1.54, 1.807) is 24.3 Å². The van der Waals surface area contributed by atoms with Crippen LogP contribution in [0.3, 0.4) is 0 Å². The Morgan fingerprint density at radius 1 is 1.05 bits per heavy atom. The fraction of sp³-hybridized carbons (Fsp3) is 0.118. The molecule has 0 amide bonds. The van der Waals surface area contributed by atoms with Crippen LogP contribution in [0.5, 0.6) is 5.75 Å². The van der Waals surface area contributed by atoms with Crippen LogP contribution in [0, 0.1) is 0 Å². The van der Waals surface area contributed by atoms with E-state index in [1.807, 2.05) is 42.5 Å². The second-order valence-corrected chi connectivity index (χ2v) is 4.55. The van der Waals surface area contributed by atoms with Crippen molar-refractivity contribution < 1.29 is 9.53 Å². The molecule has 0 aliphatic heterocycles. The Hall–Kier alpha value is -2.06. The van der Waals surface area contributed by atoms with E-state index in [2.05, 4.69) is 0 Å². The molecule has 0 atom stereocenters. The van der Waals surface area contributed by atoms with Crippen molar-refractivity contribution in [3.63, 3.8) is 0 Å². The molecule has 0 bridgehead atoms. The number of ether oxygens (including phenoxy) is 1. The predicted octanol–water partition coefficient (Wildman–Crippen LogP) is 4.20. The summed E-state index contributed by atoms with van der Waals surface area (Å²) in [7, 11) is 0. The van der Waals surface area contributed by atoms with E-state index in [1.165, 1.54) is 0 Å². The van der Waals surface area contributed by atoms with Crippen molar-refractivity contribution in [2.75, 3.05) is 12.5 Å². The highest BCUT2D eigenvalue weighted by Crippen LogP contribution is 2.13. The van der Waals surface area contributed by atoms with Crippen LogP contribution in [0.1, 0.15) is 15.9 Å². The molecule has 0 heterocycles. The lowest BCUT2D eigenvalue weighted by Crippen LogP contribution is -1.97. The van der Waals surface area contributed by atoms with Crippen molar-refractivity contribution in [2.24, 2.45) is 0 Å². The van der Waals surface area contributed by atoms with Crippen molar-refractivity contribution in [3.05, 3.63) is 71.8 Å². The summed E-state index contributed by atoms with van der Waals surface area (Å²) in [6, 6.07) is 16.7. The van der Waals surface area contributed by atoms with Gasteiger partial charge in [0.15, 0.2) is 5.78 Å². The van der Waals surface area contributed by atoms with Gasteiger partial charge in [0.1, 0.15) is 12.4 Å². The normalized spacial score (nSPS) is 10.7. The topological polar surface area (TPSA) is 26.3 Å². The zero-order chi connectivity index (χ0) is 14.2. The van der Waals surface area contributed by atoms with E-state index < -0.39 is 0 Å². The summed E-state index contributed by atoms with van der Waals surface area (Å²) in [6.07, 6.45) is 3.37. The van der Waals surface area contributed by atoms with Crippen LogP contribution < -0.4 is 4.74 Å². The van der Waals surface area contributed by atoms with E-state index in [0.29, 0.717) is 18.1 Å². The molecule has 2 rings (SSSR count). The van der Waals surface area contributed by atoms with E-state index in [9.17, 15) is 4.79 Å². The minimum atomic E-state index is -0.00642. The lowest BCUT2D eigenvalue weighted by molar-refractivity contribution is 0.104. The van der Waals surface area contributed by atoms with Gasteiger partial charge in [-0.05, 0) is 23.8 Å². The number of hydrogen-bond donors (Lipinski definition) is 0. The number of allylic oxidation sites excluding steroid dienone is 1. The number of ketones is 1. The molecule has 0 saturated heterocycles. The maximum absolute atomic E-state index is 11.9. The highest BCUT2D eigenvalue weighted by atomic mass is 35.5. The van der Waals surface area contributed by atoms with Crippen molar-refractivity contribution in [3.8, 4) is 5.75 Å². The molecule has 2 aromatic rings. The lowest BCUT2D eigenvalue weighted by atomic mass is 10.1. The van der Waals surface area contributed by atoms with Gasteiger partial charge in [0.2, 0.25) is 0 Å². The van der Waals surface area contributed by atoms with Gasteiger partial charge in [-0.25, -0.2) is 0 Å². The minimum Gasteiger partial charge on any atom is -0.492 e. The molecular weight excluding hydrogens is 272 g/mol. The molecule has 0 aliphatic carbocycles. The van der Waals surface area contributed by atoms with Gasteiger partial charge < -0.3 is 4.74 Å². The first-order valence-corrected chi connectivity index (χ1v) is 6.89. The minimum absolute atomic E-state index is 0.00642. The fourth-order valence-corrected chi connectivity index (χ4v) is 1.78. The standard InChI is InChI=1S/C17H15ClO2/c18-12-13-20-16-9-6-14(7-10-16)8-11-17(19)15-4-2-1-3-5-15/h1-11H,12-13H2. The van der Waals surface area contributed by atoms with Crippen molar-refractivity contribution in [1.29, 1.82) is 0 Å². The number of rotatable bonds is 6. The summed E-state index contributed by atoms with van der Waals surface area (Å²) in [6.45, 7) is 0.489. The molecule has 102 valence electrons. The number of hydrogen-bond acceptors (Lipinski definition) is 2. The van der Waals surface area contributed by atoms with E-state index in [0.717, 1.165) is 11.3 Å². The quantitative estimate of drug-likeness (QED) is 0.452. The maximum Gasteiger partial charge on any atom is 0.185 e. The summed E-state index contributed by atoms with van der Waals surface area (Å²) in [5, 5.41) is 0. The summed E-state index contributed by atoms with van der Waals surface area (Å²) in [5.74, 6) is 1.23. The summed E-state index contributed by atoms with van der Waals surface area (Å²) in [4.78, 5) is 11.9. The first-order chi connectivity index (χ1) is 9.79. The molecule has 3 heteroatoms. The molecule has 0 saturated carbocycles. The number of carbonyl (C=O) groups is 1. The van der Waals surface area contributed by atoms with E-state index in [-0.39, 0.29) is 5.78 Å². The molecule has 2 aromatic carbocycles. The maximum atomic E-state index is 11.9. The van der Waals surface area contributed by atoms with Crippen molar-refractivity contribution >= 4 is 23.5 Å². The first kappa shape index (κ1) is 14.4. The van der Waals surface area contributed by atoms with Crippen LogP contribution in [0.25, 0.3) is 6.08 Å². The molecule has 20 heavy (non-hydrogen) atoms. The second-order valence-electron chi connectivity index (χ2n) is 4.17. The molecular formula is C17H15ClO2. The average molecular weight is 287 g/mol. The Kier molecular flexibility index (Phi) is 5.39.